The number of rotatable bonds is 3. The molecule has 9 heteroatoms. The molecule has 128 valence electrons. The topological polar surface area (TPSA) is 71.7 Å². The number of carbonyl (C=O) groups is 3. The summed E-state index contributed by atoms with van der Waals surface area (Å²) in [5.41, 5.74) is 0.0456. The molecule has 3 amide bonds. The predicted molar refractivity (Wildman–Crippen MR) is 85.1 cm³/mol. The number of halogens is 2. The number of amides is 3. The van der Waals surface area contributed by atoms with E-state index in [1.54, 1.807) is 0 Å². The second-order valence-electron chi connectivity index (χ2n) is 5.29. The van der Waals surface area contributed by atoms with Gasteiger partial charge in [-0.3, -0.25) is 19.3 Å². The lowest BCUT2D eigenvalue weighted by atomic mass is 10.3. The summed E-state index contributed by atoms with van der Waals surface area (Å²) in [6.07, 6.45) is 5.40. The zero-order valence-electron chi connectivity index (χ0n) is 12.8. The number of imide groups is 1. The minimum atomic E-state index is -0.819. The maximum atomic E-state index is 14.1. The Morgan fingerprint density at radius 3 is 2.60 bits per heavy atom. The summed E-state index contributed by atoms with van der Waals surface area (Å²) in [5.74, 6) is -0.874. The molecule has 0 aliphatic carbocycles. The van der Waals surface area contributed by atoms with Crippen molar-refractivity contribution in [3.63, 3.8) is 0 Å². The number of nitrogens with zero attached hydrogens (tertiary/aromatic N) is 3. The van der Waals surface area contributed by atoms with Gasteiger partial charge in [0.25, 0.3) is 5.91 Å². The molecule has 0 atom stereocenters. The number of hydrogen-bond donors (Lipinski definition) is 0. The van der Waals surface area contributed by atoms with Gasteiger partial charge >= 0.3 is 0 Å². The molecule has 1 fully saturated rings. The van der Waals surface area contributed by atoms with Gasteiger partial charge in [0.2, 0.25) is 11.8 Å². The molecule has 0 saturated carbocycles. The molecule has 1 aliphatic rings. The Bertz CT molecular complexity index is 1000. The molecule has 1 aromatic heterocycles. The van der Waals surface area contributed by atoms with E-state index in [0.717, 1.165) is 28.4 Å². The van der Waals surface area contributed by atoms with Crippen LogP contribution in [0.15, 0.2) is 17.1 Å². The maximum Gasteiger partial charge on any atom is 0.268 e. The molecule has 1 aromatic carbocycles. The minimum absolute atomic E-state index is 0.0456. The zero-order valence-corrected chi connectivity index (χ0v) is 13.6. The van der Waals surface area contributed by atoms with Crippen LogP contribution in [0.1, 0.15) is 12.8 Å². The highest BCUT2D eigenvalue weighted by molar-refractivity contribution is 7.16. The Kier molecular flexibility index (Phi) is 4.46. The quantitative estimate of drug-likeness (QED) is 0.608. The number of likely N-dealkylation sites (tertiary alicyclic amines) is 1. The third-order valence-corrected chi connectivity index (χ3v) is 4.64. The van der Waals surface area contributed by atoms with Gasteiger partial charge in [-0.1, -0.05) is 17.3 Å². The summed E-state index contributed by atoms with van der Waals surface area (Å²) in [6, 6.07) is 1.84. The van der Waals surface area contributed by atoms with E-state index in [0.29, 0.717) is 0 Å². The van der Waals surface area contributed by atoms with E-state index in [9.17, 15) is 23.2 Å². The lowest BCUT2D eigenvalue weighted by Crippen LogP contribution is -2.34. The SMILES string of the molecule is C#CCn1c(=NC(=O)CN2C(=O)CCC2=O)sc2cc(F)cc(F)c21. The molecule has 0 unspecified atom stereocenters. The first kappa shape index (κ1) is 17.0. The van der Waals surface area contributed by atoms with E-state index in [1.165, 1.54) is 4.57 Å². The first-order chi connectivity index (χ1) is 11.9. The van der Waals surface area contributed by atoms with Crippen LogP contribution < -0.4 is 4.80 Å². The van der Waals surface area contributed by atoms with Gasteiger partial charge in [-0.25, -0.2) is 8.78 Å². The van der Waals surface area contributed by atoms with Gasteiger partial charge in [0.1, 0.15) is 12.4 Å². The molecule has 0 bridgehead atoms. The van der Waals surface area contributed by atoms with Crippen LogP contribution in [0.3, 0.4) is 0 Å². The molecule has 1 aliphatic heterocycles. The fraction of sp³-hybridized carbons (Fsp3) is 0.250. The highest BCUT2D eigenvalue weighted by Gasteiger charge is 2.30. The van der Waals surface area contributed by atoms with Crippen molar-refractivity contribution in [2.75, 3.05) is 6.54 Å². The van der Waals surface area contributed by atoms with Crippen molar-refractivity contribution in [2.24, 2.45) is 4.99 Å². The molecule has 0 N–H and O–H groups in total. The molecule has 2 aromatic rings. The summed E-state index contributed by atoms with van der Waals surface area (Å²) >= 11 is 0.892. The van der Waals surface area contributed by atoms with Crippen molar-refractivity contribution in [1.29, 1.82) is 0 Å². The van der Waals surface area contributed by atoms with Crippen molar-refractivity contribution in [2.45, 2.75) is 19.4 Å². The van der Waals surface area contributed by atoms with Crippen molar-refractivity contribution in [1.82, 2.24) is 9.47 Å². The number of hydrogen-bond acceptors (Lipinski definition) is 4. The molecule has 2 heterocycles. The number of benzene rings is 1. The Balaban J connectivity index is 2.03. The van der Waals surface area contributed by atoms with Crippen molar-refractivity contribution >= 4 is 39.3 Å². The fourth-order valence-corrected chi connectivity index (χ4v) is 3.61. The Labute approximate surface area is 144 Å². The van der Waals surface area contributed by atoms with Crippen LogP contribution in [0.5, 0.6) is 0 Å². The van der Waals surface area contributed by atoms with Crippen molar-refractivity contribution in [3.05, 3.63) is 28.6 Å². The van der Waals surface area contributed by atoms with E-state index in [-0.39, 0.29) is 34.4 Å². The third kappa shape index (κ3) is 3.21. The number of terminal acetylenes is 1. The van der Waals surface area contributed by atoms with E-state index in [4.69, 9.17) is 6.42 Å². The smallest absolute Gasteiger partial charge is 0.268 e. The molecule has 0 radical (unpaired) electrons. The molecule has 3 rings (SSSR count). The van der Waals surface area contributed by atoms with Crippen LogP contribution >= 0.6 is 11.3 Å². The Morgan fingerprint density at radius 2 is 1.96 bits per heavy atom. The largest absolute Gasteiger partial charge is 0.302 e. The van der Waals surface area contributed by atoms with Crippen molar-refractivity contribution in [3.8, 4) is 12.3 Å². The molecule has 1 saturated heterocycles. The van der Waals surface area contributed by atoms with Crippen LogP contribution in [0.25, 0.3) is 10.2 Å². The van der Waals surface area contributed by atoms with E-state index in [1.807, 2.05) is 0 Å². The van der Waals surface area contributed by atoms with E-state index in [2.05, 4.69) is 10.9 Å². The van der Waals surface area contributed by atoms with Crippen LogP contribution in [0, 0.1) is 24.0 Å². The van der Waals surface area contributed by atoms with Gasteiger partial charge in [-0.2, -0.15) is 4.99 Å². The third-order valence-electron chi connectivity index (χ3n) is 3.61. The Hall–Kier alpha value is -2.86. The normalized spacial score (nSPS) is 15.2. The van der Waals surface area contributed by atoms with Crippen LogP contribution in [0.2, 0.25) is 0 Å². The summed E-state index contributed by atoms with van der Waals surface area (Å²) in [7, 11) is 0. The molecule has 0 spiro atoms. The molecular formula is C16H11F2N3O3S. The summed E-state index contributed by atoms with van der Waals surface area (Å²) in [5, 5.41) is 0. The summed E-state index contributed by atoms with van der Waals surface area (Å²) in [4.78, 5) is 40.0. The van der Waals surface area contributed by atoms with E-state index >= 15 is 0 Å². The minimum Gasteiger partial charge on any atom is -0.302 e. The molecule has 6 nitrogen and oxygen atoms in total. The first-order valence-corrected chi connectivity index (χ1v) is 8.05. The number of aromatic nitrogens is 1. The summed E-state index contributed by atoms with van der Waals surface area (Å²) in [6.45, 7) is -0.560. The van der Waals surface area contributed by atoms with Gasteiger partial charge in [-0.15, -0.1) is 6.42 Å². The standard InChI is InChI=1S/C16H11F2N3O3S/c1-2-5-20-15-10(18)6-9(17)7-11(15)25-16(20)19-12(22)8-21-13(23)3-4-14(21)24/h1,6-7H,3-5,8H2. The second-order valence-corrected chi connectivity index (χ2v) is 6.30. The second kappa shape index (κ2) is 6.57. The van der Waals surface area contributed by atoms with E-state index < -0.39 is 35.9 Å². The number of fused-ring (bicyclic) bond motifs is 1. The van der Waals surface area contributed by atoms with Gasteiger partial charge in [0.05, 0.1) is 16.8 Å². The van der Waals surface area contributed by atoms with Gasteiger partial charge in [-0.05, 0) is 6.07 Å². The first-order valence-electron chi connectivity index (χ1n) is 7.23. The van der Waals surface area contributed by atoms with Crippen molar-refractivity contribution < 1.29 is 23.2 Å². The monoisotopic (exact) mass is 363 g/mol. The highest BCUT2D eigenvalue weighted by atomic mass is 32.1. The van der Waals surface area contributed by atoms with Gasteiger partial charge in [0, 0.05) is 18.9 Å². The predicted octanol–water partition coefficient (Wildman–Crippen LogP) is 1.19. The zero-order chi connectivity index (χ0) is 18.1. The van der Waals surface area contributed by atoms with Crippen LogP contribution in [0.4, 0.5) is 8.78 Å². The Morgan fingerprint density at radius 1 is 1.28 bits per heavy atom. The molecular weight excluding hydrogens is 352 g/mol. The molecule has 25 heavy (non-hydrogen) atoms. The lowest BCUT2D eigenvalue weighted by molar-refractivity contribution is -0.141. The van der Waals surface area contributed by atoms with Gasteiger partial charge < -0.3 is 4.57 Å². The maximum absolute atomic E-state index is 14.1. The average Bonchev–Trinajstić information content (AvgIpc) is 3.02. The lowest BCUT2D eigenvalue weighted by Gasteiger charge is -2.10. The van der Waals surface area contributed by atoms with Crippen LogP contribution in [-0.4, -0.2) is 33.7 Å². The number of carbonyl (C=O) groups excluding carboxylic acids is 3. The summed E-state index contributed by atoms with van der Waals surface area (Å²) < 4.78 is 29.0. The number of thiazole rings is 1. The highest BCUT2D eigenvalue weighted by Crippen LogP contribution is 2.22. The fourth-order valence-electron chi connectivity index (χ4n) is 2.53. The average molecular weight is 363 g/mol. The van der Waals surface area contributed by atoms with Gasteiger partial charge in [0.15, 0.2) is 10.6 Å². The van der Waals surface area contributed by atoms with Crippen LogP contribution in [-0.2, 0) is 20.9 Å².